The second-order valence-corrected chi connectivity index (χ2v) is 7.75. The lowest BCUT2D eigenvalue weighted by Crippen LogP contribution is -2.36. The molecule has 0 bridgehead atoms. The van der Waals surface area contributed by atoms with Crippen molar-refractivity contribution >= 4 is 17.0 Å². The van der Waals surface area contributed by atoms with E-state index >= 15 is 0 Å². The van der Waals surface area contributed by atoms with Gasteiger partial charge in [-0.2, -0.15) is 0 Å². The van der Waals surface area contributed by atoms with E-state index in [2.05, 4.69) is 9.88 Å². The molecule has 2 aromatic carbocycles. The predicted octanol–water partition coefficient (Wildman–Crippen LogP) is 3.29. The molecule has 1 fully saturated rings. The highest BCUT2D eigenvalue weighted by Crippen LogP contribution is 2.26. The minimum Gasteiger partial charge on any atom is -0.611 e. The fraction of sp³-hybridized carbons (Fsp3) is 0.238. The SMILES string of the molecule is [O-][S+](Cc1ccccc1-c1nccc(N2CCOCC2)n1)c1ccccc1. The van der Waals surface area contributed by atoms with Gasteiger partial charge in [-0.25, -0.2) is 9.97 Å². The molecule has 0 saturated carbocycles. The van der Waals surface area contributed by atoms with Gasteiger partial charge >= 0.3 is 0 Å². The van der Waals surface area contributed by atoms with Crippen molar-refractivity contribution in [3.8, 4) is 11.4 Å². The van der Waals surface area contributed by atoms with Crippen LogP contribution in [0.25, 0.3) is 11.4 Å². The van der Waals surface area contributed by atoms with Gasteiger partial charge in [-0.1, -0.05) is 42.5 Å². The predicted molar refractivity (Wildman–Crippen MR) is 107 cm³/mol. The Morgan fingerprint density at radius 1 is 0.963 bits per heavy atom. The fourth-order valence-electron chi connectivity index (χ4n) is 3.11. The maximum absolute atomic E-state index is 12.8. The molecule has 1 atom stereocenters. The number of anilines is 1. The maximum atomic E-state index is 12.8. The normalized spacial score (nSPS) is 15.5. The summed E-state index contributed by atoms with van der Waals surface area (Å²) in [6.45, 7) is 3.09. The minimum atomic E-state index is -1.11. The van der Waals surface area contributed by atoms with Crippen molar-refractivity contribution < 1.29 is 9.29 Å². The van der Waals surface area contributed by atoms with E-state index in [0.717, 1.165) is 34.9 Å². The lowest BCUT2D eigenvalue weighted by Gasteiger charge is -2.27. The zero-order valence-electron chi connectivity index (χ0n) is 15.0. The Morgan fingerprint density at radius 3 is 2.52 bits per heavy atom. The summed E-state index contributed by atoms with van der Waals surface area (Å²) in [4.78, 5) is 12.3. The maximum Gasteiger partial charge on any atom is 0.161 e. The molecule has 1 unspecified atom stereocenters. The number of morpholine rings is 1. The molecule has 1 aliphatic rings. The Labute approximate surface area is 162 Å². The molecular weight excluding hydrogens is 358 g/mol. The Kier molecular flexibility index (Phi) is 5.67. The van der Waals surface area contributed by atoms with Gasteiger partial charge in [0.15, 0.2) is 10.7 Å². The second kappa shape index (κ2) is 8.52. The Bertz CT molecular complexity index is 885. The van der Waals surface area contributed by atoms with Crippen LogP contribution in [0.1, 0.15) is 5.56 Å². The molecule has 3 aromatic rings. The largest absolute Gasteiger partial charge is 0.611 e. The Morgan fingerprint density at radius 2 is 1.70 bits per heavy atom. The van der Waals surface area contributed by atoms with Crippen LogP contribution in [0.4, 0.5) is 5.82 Å². The van der Waals surface area contributed by atoms with Crippen molar-refractivity contribution in [2.24, 2.45) is 0 Å². The van der Waals surface area contributed by atoms with Crippen LogP contribution >= 0.6 is 0 Å². The molecule has 0 N–H and O–H groups in total. The summed E-state index contributed by atoms with van der Waals surface area (Å²) in [5.41, 5.74) is 1.91. The van der Waals surface area contributed by atoms with Gasteiger partial charge in [0, 0.05) is 30.4 Å². The highest BCUT2D eigenvalue weighted by atomic mass is 32.2. The number of aromatic nitrogens is 2. The summed E-state index contributed by atoms with van der Waals surface area (Å²) in [5, 5.41) is 0. The summed E-state index contributed by atoms with van der Waals surface area (Å²) in [6.07, 6.45) is 1.79. The van der Waals surface area contributed by atoms with Crippen molar-refractivity contribution in [3.05, 3.63) is 72.4 Å². The first-order chi connectivity index (χ1) is 13.3. The van der Waals surface area contributed by atoms with Gasteiger partial charge in [0.05, 0.1) is 13.2 Å². The van der Waals surface area contributed by atoms with Gasteiger partial charge in [-0.15, -0.1) is 0 Å². The summed E-state index contributed by atoms with van der Waals surface area (Å²) in [5.74, 6) is 2.01. The molecule has 5 nitrogen and oxygen atoms in total. The van der Waals surface area contributed by atoms with Crippen LogP contribution in [-0.2, 0) is 21.7 Å². The molecule has 2 heterocycles. The Balaban J connectivity index is 1.61. The Hall–Kier alpha value is -2.41. The summed E-state index contributed by atoms with van der Waals surface area (Å²) >= 11 is -1.11. The van der Waals surface area contributed by atoms with Gasteiger partial charge in [0.2, 0.25) is 0 Å². The van der Waals surface area contributed by atoms with Crippen molar-refractivity contribution in [1.82, 2.24) is 9.97 Å². The molecule has 0 amide bonds. The van der Waals surface area contributed by atoms with Crippen LogP contribution in [0, 0.1) is 0 Å². The van der Waals surface area contributed by atoms with E-state index in [1.807, 2.05) is 60.7 Å². The quantitative estimate of drug-likeness (QED) is 0.637. The van der Waals surface area contributed by atoms with E-state index in [1.165, 1.54) is 0 Å². The van der Waals surface area contributed by atoms with Gasteiger partial charge in [0.1, 0.15) is 11.6 Å². The third-order valence-electron chi connectivity index (χ3n) is 4.53. The second-order valence-electron chi connectivity index (χ2n) is 6.30. The summed E-state index contributed by atoms with van der Waals surface area (Å²) in [6, 6.07) is 19.4. The van der Waals surface area contributed by atoms with Gasteiger partial charge in [-0.05, 0) is 29.4 Å². The summed E-state index contributed by atoms with van der Waals surface area (Å²) in [7, 11) is 0. The molecule has 1 aliphatic heterocycles. The molecule has 4 rings (SSSR count). The van der Waals surface area contributed by atoms with Crippen LogP contribution in [0.15, 0.2) is 71.8 Å². The van der Waals surface area contributed by atoms with E-state index in [0.29, 0.717) is 24.8 Å². The van der Waals surface area contributed by atoms with Crippen molar-refractivity contribution in [1.29, 1.82) is 0 Å². The molecule has 1 saturated heterocycles. The molecule has 6 heteroatoms. The minimum absolute atomic E-state index is 0.436. The van der Waals surface area contributed by atoms with E-state index in [9.17, 15) is 4.55 Å². The highest BCUT2D eigenvalue weighted by Gasteiger charge is 2.18. The zero-order valence-corrected chi connectivity index (χ0v) is 15.8. The third kappa shape index (κ3) is 4.30. The molecule has 0 spiro atoms. The molecule has 0 aliphatic carbocycles. The van der Waals surface area contributed by atoms with E-state index in [1.54, 1.807) is 6.20 Å². The highest BCUT2D eigenvalue weighted by molar-refractivity contribution is 7.90. The number of benzene rings is 2. The van der Waals surface area contributed by atoms with Crippen LogP contribution in [0.2, 0.25) is 0 Å². The number of nitrogens with zero attached hydrogens (tertiary/aromatic N) is 3. The first-order valence-corrected chi connectivity index (χ1v) is 10.3. The monoisotopic (exact) mass is 379 g/mol. The average molecular weight is 379 g/mol. The van der Waals surface area contributed by atoms with E-state index in [-0.39, 0.29) is 0 Å². The van der Waals surface area contributed by atoms with Crippen molar-refractivity contribution in [2.45, 2.75) is 10.6 Å². The molecule has 138 valence electrons. The van der Waals surface area contributed by atoms with Crippen LogP contribution in [0.5, 0.6) is 0 Å². The topological polar surface area (TPSA) is 61.3 Å². The smallest absolute Gasteiger partial charge is 0.161 e. The van der Waals surface area contributed by atoms with Crippen LogP contribution < -0.4 is 4.90 Å². The van der Waals surface area contributed by atoms with E-state index in [4.69, 9.17) is 9.72 Å². The van der Waals surface area contributed by atoms with Gasteiger partial charge in [-0.3, -0.25) is 0 Å². The fourth-order valence-corrected chi connectivity index (χ4v) is 4.27. The molecule has 0 radical (unpaired) electrons. The molecule has 1 aromatic heterocycles. The standard InChI is InChI=1S/C21H21N3O2S/c25-27(18-7-2-1-3-8-18)16-17-6-4-5-9-19(17)21-22-11-10-20(23-21)24-12-14-26-15-13-24/h1-11H,12-16H2. The molecule has 27 heavy (non-hydrogen) atoms. The van der Waals surface area contributed by atoms with Gasteiger partial charge < -0.3 is 14.2 Å². The van der Waals surface area contributed by atoms with Crippen molar-refractivity contribution in [2.75, 3.05) is 31.2 Å². The lowest BCUT2D eigenvalue weighted by molar-refractivity contribution is 0.122. The average Bonchev–Trinajstić information content (AvgIpc) is 2.75. The molecular formula is C21H21N3O2S. The van der Waals surface area contributed by atoms with Gasteiger partial charge in [0.25, 0.3) is 0 Å². The first kappa shape index (κ1) is 18.0. The summed E-state index contributed by atoms with van der Waals surface area (Å²) < 4.78 is 18.2. The number of hydrogen-bond acceptors (Lipinski definition) is 5. The first-order valence-electron chi connectivity index (χ1n) is 8.99. The van der Waals surface area contributed by atoms with Crippen LogP contribution in [-0.4, -0.2) is 40.8 Å². The lowest BCUT2D eigenvalue weighted by atomic mass is 10.1. The van der Waals surface area contributed by atoms with Crippen molar-refractivity contribution in [3.63, 3.8) is 0 Å². The third-order valence-corrected chi connectivity index (χ3v) is 5.90. The number of rotatable bonds is 5. The van der Waals surface area contributed by atoms with E-state index < -0.39 is 11.2 Å². The number of ether oxygens (including phenoxy) is 1. The zero-order chi connectivity index (χ0) is 18.5. The van der Waals surface area contributed by atoms with Crippen LogP contribution in [0.3, 0.4) is 0 Å². The number of hydrogen-bond donors (Lipinski definition) is 0.